The Morgan fingerprint density at radius 3 is 2.50 bits per heavy atom. The van der Waals surface area contributed by atoms with E-state index in [1.807, 2.05) is 0 Å². The van der Waals surface area contributed by atoms with Crippen LogP contribution in [0.1, 0.15) is 0 Å². The zero-order valence-corrected chi connectivity index (χ0v) is 11.2. The van der Waals surface area contributed by atoms with Gasteiger partial charge in [-0.1, -0.05) is 29.3 Å². The normalized spacial score (nSPS) is 11.2. The highest BCUT2D eigenvalue weighted by Crippen LogP contribution is 2.21. The standard InChI is InChI=1S/C10H7Cl2N3O2S/c11-7-2-1-3-8(6-7)18(16,17)15-10-9(12)13-4-5-14-10/h1-6H,(H,14,15). The molecule has 5 nitrogen and oxygen atoms in total. The minimum Gasteiger partial charge on any atom is -0.261 e. The maximum atomic E-state index is 12.0. The second-order valence-corrected chi connectivity index (χ2v) is 5.74. The molecule has 1 N–H and O–H groups in total. The fourth-order valence-electron chi connectivity index (χ4n) is 1.21. The maximum absolute atomic E-state index is 12.0. The van der Waals surface area contributed by atoms with E-state index in [1.165, 1.54) is 30.6 Å². The first-order valence-corrected chi connectivity index (χ1v) is 6.98. The molecular weight excluding hydrogens is 297 g/mol. The number of hydrogen-bond donors (Lipinski definition) is 1. The third-order valence-electron chi connectivity index (χ3n) is 1.99. The van der Waals surface area contributed by atoms with E-state index in [4.69, 9.17) is 23.2 Å². The second-order valence-electron chi connectivity index (χ2n) is 3.26. The van der Waals surface area contributed by atoms with Gasteiger partial charge in [0.05, 0.1) is 4.90 Å². The van der Waals surface area contributed by atoms with Crippen molar-refractivity contribution < 1.29 is 8.42 Å². The molecule has 0 amide bonds. The summed E-state index contributed by atoms with van der Waals surface area (Å²) in [6, 6.07) is 5.86. The molecule has 8 heteroatoms. The van der Waals surface area contributed by atoms with Crippen LogP contribution in [0.15, 0.2) is 41.6 Å². The lowest BCUT2D eigenvalue weighted by Gasteiger charge is -2.07. The number of hydrogen-bond acceptors (Lipinski definition) is 4. The van der Waals surface area contributed by atoms with Gasteiger partial charge in [-0.15, -0.1) is 0 Å². The Morgan fingerprint density at radius 2 is 1.83 bits per heavy atom. The van der Waals surface area contributed by atoms with Crippen molar-refractivity contribution in [3.05, 3.63) is 46.8 Å². The fourth-order valence-corrected chi connectivity index (χ4v) is 2.73. The molecule has 0 aliphatic heterocycles. The Hall–Kier alpha value is -1.37. The van der Waals surface area contributed by atoms with Crippen molar-refractivity contribution in [1.29, 1.82) is 0 Å². The third-order valence-corrected chi connectivity index (χ3v) is 3.84. The van der Waals surface area contributed by atoms with Crippen molar-refractivity contribution >= 4 is 39.0 Å². The van der Waals surface area contributed by atoms with Crippen LogP contribution in [0.5, 0.6) is 0 Å². The summed E-state index contributed by atoms with van der Waals surface area (Å²) in [5.74, 6) is -0.0286. The molecule has 0 atom stereocenters. The molecule has 18 heavy (non-hydrogen) atoms. The number of benzene rings is 1. The SMILES string of the molecule is O=S(=O)(Nc1nccnc1Cl)c1cccc(Cl)c1. The minimum atomic E-state index is -3.78. The molecular formula is C10H7Cl2N3O2S. The average molecular weight is 304 g/mol. The van der Waals surface area contributed by atoms with Gasteiger partial charge in [0.2, 0.25) is 0 Å². The number of sulfonamides is 1. The first kappa shape index (κ1) is 13.1. The molecule has 0 radical (unpaired) electrons. The van der Waals surface area contributed by atoms with Crippen LogP contribution in [0, 0.1) is 0 Å². The molecule has 1 heterocycles. The zero-order valence-electron chi connectivity index (χ0n) is 8.84. The van der Waals surface area contributed by atoms with Gasteiger partial charge in [0, 0.05) is 17.4 Å². The summed E-state index contributed by atoms with van der Waals surface area (Å²) in [7, 11) is -3.78. The van der Waals surface area contributed by atoms with Crippen molar-refractivity contribution in [2.24, 2.45) is 0 Å². The van der Waals surface area contributed by atoms with Crippen LogP contribution in [0.2, 0.25) is 10.2 Å². The topological polar surface area (TPSA) is 72.0 Å². The lowest BCUT2D eigenvalue weighted by molar-refractivity contribution is 0.601. The lowest BCUT2D eigenvalue weighted by atomic mass is 10.4. The molecule has 2 aromatic rings. The Kier molecular flexibility index (Phi) is 3.70. The molecule has 0 aliphatic rings. The van der Waals surface area contributed by atoms with E-state index in [-0.39, 0.29) is 15.9 Å². The molecule has 0 saturated heterocycles. The number of anilines is 1. The molecule has 1 aromatic heterocycles. The van der Waals surface area contributed by atoms with E-state index in [2.05, 4.69) is 14.7 Å². The highest BCUT2D eigenvalue weighted by Gasteiger charge is 2.16. The van der Waals surface area contributed by atoms with Crippen molar-refractivity contribution in [2.75, 3.05) is 4.72 Å². The molecule has 0 fully saturated rings. The number of aromatic nitrogens is 2. The molecule has 0 aliphatic carbocycles. The summed E-state index contributed by atoms with van der Waals surface area (Å²) in [6.07, 6.45) is 2.70. The first-order valence-electron chi connectivity index (χ1n) is 4.74. The van der Waals surface area contributed by atoms with E-state index in [0.29, 0.717) is 5.02 Å². The van der Waals surface area contributed by atoms with Gasteiger partial charge in [0.1, 0.15) is 0 Å². The number of nitrogens with zero attached hydrogens (tertiary/aromatic N) is 2. The predicted molar refractivity (Wildman–Crippen MR) is 69.3 cm³/mol. The summed E-state index contributed by atoms with van der Waals surface area (Å²) in [5.41, 5.74) is 0. The summed E-state index contributed by atoms with van der Waals surface area (Å²) in [5, 5.41) is 0.297. The molecule has 94 valence electrons. The summed E-state index contributed by atoms with van der Waals surface area (Å²) < 4.78 is 26.3. The van der Waals surface area contributed by atoms with Gasteiger partial charge in [-0.25, -0.2) is 18.4 Å². The van der Waals surface area contributed by atoms with Gasteiger partial charge in [0.25, 0.3) is 10.0 Å². The maximum Gasteiger partial charge on any atom is 0.263 e. The number of halogens is 2. The predicted octanol–water partition coefficient (Wildman–Crippen LogP) is 2.58. The largest absolute Gasteiger partial charge is 0.263 e. The number of nitrogens with one attached hydrogen (secondary N) is 1. The molecule has 2 rings (SSSR count). The van der Waals surface area contributed by atoms with Gasteiger partial charge in [-0.3, -0.25) is 4.72 Å². The van der Waals surface area contributed by atoms with Crippen LogP contribution < -0.4 is 4.72 Å². The Bertz CT molecular complexity index is 676. The Morgan fingerprint density at radius 1 is 1.11 bits per heavy atom. The van der Waals surface area contributed by atoms with Crippen LogP contribution in [0.3, 0.4) is 0 Å². The summed E-state index contributed by atoms with van der Waals surface area (Å²) in [6.45, 7) is 0. The van der Waals surface area contributed by atoms with E-state index in [0.717, 1.165) is 0 Å². The Labute approximate surface area is 114 Å². The van der Waals surface area contributed by atoms with Gasteiger partial charge in [-0.05, 0) is 18.2 Å². The van der Waals surface area contributed by atoms with E-state index < -0.39 is 10.0 Å². The van der Waals surface area contributed by atoms with Crippen LogP contribution in [-0.2, 0) is 10.0 Å². The van der Waals surface area contributed by atoms with Crippen LogP contribution in [-0.4, -0.2) is 18.4 Å². The third kappa shape index (κ3) is 2.90. The molecule has 0 saturated carbocycles. The first-order chi connectivity index (χ1) is 8.49. The zero-order chi connectivity index (χ0) is 13.2. The average Bonchev–Trinajstić information content (AvgIpc) is 2.32. The fraction of sp³-hybridized carbons (Fsp3) is 0. The van der Waals surface area contributed by atoms with Crippen molar-refractivity contribution in [3.8, 4) is 0 Å². The summed E-state index contributed by atoms with van der Waals surface area (Å²) in [4.78, 5) is 7.54. The summed E-state index contributed by atoms with van der Waals surface area (Å²) >= 11 is 11.5. The molecule has 1 aromatic carbocycles. The second kappa shape index (κ2) is 5.09. The Balaban J connectivity index is 2.37. The van der Waals surface area contributed by atoms with E-state index >= 15 is 0 Å². The van der Waals surface area contributed by atoms with Gasteiger partial charge in [-0.2, -0.15) is 0 Å². The van der Waals surface area contributed by atoms with E-state index in [1.54, 1.807) is 6.07 Å². The van der Waals surface area contributed by atoms with Gasteiger partial charge in [0.15, 0.2) is 11.0 Å². The van der Waals surface area contributed by atoms with Crippen LogP contribution in [0.25, 0.3) is 0 Å². The van der Waals surface area contributed by atoms with Gasteiger partial charge < -0.3 is 0 Å². The monoisotopic (exact) mass is 303 g/mol. The highest BCUT2D eigenvalue weighted by molar-refractivity contribution is 7.92. The van der Waals surface area contributed by atoms with Crippen molar-refractivity contribution in [1.82, 2.24) is 9.97 Å². The number of rotatable bonds is 3. The van der Waals surface area contributed by atoms with Gasteiger partial charge >= 0.3 is 0 Å². The quantitative estimate of drug-likeness (QED) is 0.946. The van der Waals surface area contributed by atoms with Crippen molar-refractivity contribution in [2.45, 2.75) is 4.90 Å². The van der Waals surface area contributed by atoms with Crippen molar-refractivity contribution in [3.63, 3.8) is 0 Å². The molecule has 0 bridgehead atoms. The van der Waals surface area contributed by atoms with Crippen LogP contribution >= 0.6 is 23.2 Å². The van der Waals surface area contributed by atoms with Crippen LogP contribution in [0.4, 0.5) is 5.82 Å². The smallest absolute Gasteiger partial charge is 0.261 e. The highest BCUT2D eigenvalue weighted by atomic mass is 35.5. The molecule has 0 unspecified atom stereocenters. The lowest BCUT2D eigenvalue weighted by Crippen LogP contribution is -2.14. The minimum absolute atomic E-state index is 0.0247. The van der Waals surface area contributed by atoms with E-state index in [9.17, 15) is 8.42 Å². The molecule has 0 spiro atoms.